The summed E-state index contributed by atoms with van der Waals surface area (Å²) in [4.78, 5) is 1.06. The van der Waals surface area contributed by atoms with Crippen molar-refractivity contribution in [3.05, 3.63) is 40.0 Å². The van der Waals surface area contributed by atoms with Crippen molar-refractivity contribution in [2.45, 2.75) is 6.42 Å². The van der Waals surface area contributed by atoms with Crippen LogP contribution in [0.1, 0.15) is 16.0 Å². The molecule has 0 atom stereocenters. The second-order valence-electron chi connectivity index (χ2n) is 3.73. The van der Waals surface area contributed by atoms with Crippen LogP contribution in [-0.4, -0.2) is 0 Å². The summed E-state index contributed by atoms with van der Waals surface area (Å²) in [5.41, 5.74) is 9.09. The lowest BCUT2D eigenvalue weighted by Gasteiger charge is -2.00. The number of nitrogen functional groups attached to an aromatic ring is 1. The third kappa shape index (κ3) is 1.09. The number of anilines is 1. The normalized spacial score (nSPS) is 12.0. The highest BCUT2D eigenvalue weighted by Crippen LogP contribution is 2.46. The number of fused-ring (bicyclic) bond motifs is 3. The van der Waals surface area contributed by atoms with E-state index in [0.29, 0.717) is 17.0 Å². The average molecular weight is 230 g/mol. The van der Waals surface area contributed by atoms with Gasteiger partial charge in [0.05, 0.1) is 5.56 Å². The number of rotatable bonds is 0. The predicted molar refractivity (Wildman–Crippen MR) is 61.6 cm³/mol. The maximum Gasteiger partial charge on any atom is 0.123 e. The van der Waals surface area contributed by atoms with Crippen molar-refractivity contribution in [1.29, 1.82) is 5.26 Å². The molecule has 0 aliphatic heterocycles. The number of benzene rings is 1. The molecule has 0 fully saturated rings. The van der Waals surface area contributed by atoms with Crippen LogP contribution in [0, 0.1) is 17.1 Å². The second-order valence-corrected chi connectivity index (χ2v) is 4.87. The minimum Gasteiger partial charge on any atom is -0.389 e. The molecule has 0 unspecified atom stereocenters. The molecule has 0 saturated heterocycles. The van der Waals surface area contributed by atoms with E-state index < -0.39 is 0 Å². The molecule has 1 aromatic heterocycles. The summed E-state index contributed by atoms with van der Waals surface area (Å²) in [5.74, 6) is -0.236. The first-order chi connectivity index (χ1) is 7.70. The van der Waals surface area contributed by atoms with Crippen LogP contribution in [0.15, 0.2) is 18.2 Å². The monoisotopic (exact) mass is 230 g/mol. The first-order valence-electron chi connectivity index (χ1n) is 4.80. The summed E-state index contributed by atoms with van der Waals surface area (Å²) in [7, 11) is 0. The van der Waals surface area contributed by atoms with Crippen LogP contribution in [-0.2, 0) is 6.42 Å². The van der Waals surface area contributed by atoms with Crippen molar-refractivity contribution in [3.63, 3.8) is 0 Å². The van der Waals surface area contributed by atoms with Gasteiger partial charge in [0.25, 0.3) is 0 Å². The molecule has 0 saturated carbocycles. The molecular weight excluding hydrogens is 223 g/mol. The van der Waals surface area contributed by atoms with Crippen molar-refractivity contribution in [2.24, 2.45) is 0 Å². The Morgan fingerprint density at radius 2 is 2.25 bits per heavy atom. The first kappa shape index (κ1) is 9.37. The molecule has 78 valence electrons. The lowest BCUT2D eigenvalue weighted by atomic mass is 10.0. The molecule has 2 aromatic rings. The van der Waals surface area contributed by atoms with Crippen LogP contribution >= 0.6 is 11.3 Å². The molecule has 1 aliphatic carbocycles. The topological polar surface area (TPSA) is 49.8 Å². The van der Waals surface area contributed by atoms with E-state index in [4.69, 9.17) is 11.0 Å². The Labute approximate surface area is 95.8 Å². The highest BCUT2D eigenvalue weighted by Gasteiger charge is 2.26. The van der Waals surface area contributed by atoms with Crippen LogP contribution in [0.25, 0.3) is 11.1 Å². The summed E-state index contributed by atoms with van der Waals surface area (Å²) < 4.78 is 13.1. The minimum absolute atomic E-state index is 0.236. The third-order valence-electron chi connectivity index (χ3n) is 2.81. The fourth-order valence-corrected chi connectivity index (χ4v) is 3.20. The van der Waals surface area contributed by atoms with Crippen LogP contribution in [0.5, 0.6) is 0 Å². The Morgan fingerprint density at radius 3 is 3.00 bits per heavy atom. The standard InChI is InChI=1S/C12H7FN2S/c13-7-1-2-8-6(3-7)4-10-11(8)9(5-14)12(15)16-10/h1-3H,4,15H2. The fourth-order valence-electron chi connectivity index (χ4n) is 2.14. The Hall–Kier alpha value is -1.86. The highest BCUT2D eigenvalue weighted by molar-refractivity contribution is 7.16. The molecule has 1 aromatic carbocycles. The number of nitriles is 1. The molecule has 0 bridgehead atoms. The Bertz CT molecular complexity index is 637. The van der Waals surface area contributed by atoms with Gasteiger partial charge in [0.15, 0.2) is 0 Å². The maximum absolute atomic E-state index is 13.1. The van der Waals surface area contributed by atoms with E-state index in [1.807, 2.05) is 0 Å². The largest absolute Gasteiger partial charge is 0.389 e. The van der Waals surface area contributed by atoms with Crippen LogP contribution < -0.4 is 5.73 Å². The van der Waals surface area contributed by atoms with Gasteiger partial charge >= 0.3 is 0 Å². The number of hydrogen-bond acceptors (Lipinski definition) is 3. The van der Waals surface area contributed by atoms with E-state index in [2.05, 4.69) is 6.07 Å². The van der Waals surface area contributed by atoms with E-state index in [-0.39, 0.29) is 5.82 Å². The van der Waals surface area contributed by atoms with Crippen LogP contribution in [0.3, 0.4) is 0 Å². The quantitative estimate of drug-likeness (QED) is 0.645. The molecule has 0 radical (unpaired) electrons. The molecule has 3 rings (SSSR count). The van der Waals surface area contributed by atoms with Gasteiger partial charge in [-0.25, -0.2) is 4.39 Å². The third-order valence-corrected chi connectivity index (χ3v) is 3.83. The van der Waals surface area contributed by atoms with Gasteiger partial charge in [0, 0.05) is 16.9 Å². The molecule has 2 nitrogen and oxygen atoms in total. The van der Waals surface area contributed by atoms with E-state index in [9.17, 15) is 4.39 Å². The van der Waals surface area contributed by atoms with Gasteiger partial charge in [-0.1, -0.05) is 6.07 Å². The molecule has 2 N–H and O–H groups in total. The van der Waals surface area contributed by atoms with E-state index in [0.717, 1.165) is 21.6 Å². The van der Waals surface area contributed by atoms with Gasteiger partial charge in [-0.2, -0.15) is 5.26 Å². The number of nitrogens with two attached hydrogens (primary N) is 1. The summed E-state index contributed by atoms with van der Waals surface area (Å²) >= 11 is 1.42. The van der Waals surface area contributed by atoms with Gasteiger partial charge in [0.1, 0.15) is 16.9 Å². The minimum atomic E-state index is -0.236. The van der Waals surface area contributed by atoms with Crippen molar-refractivity contribution in [2.75, 3.05) is 5.73 Å². The summed E-state index contributed by atoms with van der Waals surface area (Å²) in [6.45, 7) is 0. The molecule has 16 heavy (non-hydrogen) atoms. The van der Waals surface area contributed by atoms with Gasteiger partial charge in [-0.15, -0.1) is 11.3 Å². The second kappa shape index (κ2) is 3.06. The molecule has 4 heteroatoms. The number of nitrogens with zero attached hydrogens (tertiary/aromatic N) is 1. The van der Waals surface area contributed by atoms with Gasteiger partial charge in [-0.05, 0) is 23.3 Å². The van der Waals surface area contributed by atoms with Crippen molar-refractivity contribution < 1.29 is 4.39 Å². The average Bonchev–Trinajstić information content (AvgIpc) is 2.71. The summed E-state index contributed by atoms with van der Waals surface area (Å²) in [6.07, 6.45) is 0.680. The first-order valence-corrected chi connectivity index (χ1v) is 5.62. The van der Waals surface area contributed by atoms with E-state index in [1.54, 1.807) is 6.07 Å². The number of thiophene rings is 1. The Balaban J connectivity index is 2.31. The number of halogens is 1. The van der Waals surface area contributed by atoms with Crippen molar-refractivity contribution >= 4 is 16.3 Å². The van der Waals surface area contributed by atoms with Crippen molar-refractivity contribution in [1.82, 2.24) is 0 Å². The lowest BCUT2D eigenvalue weighted by molar-refractivity contribution is 0.626. The number of hydrogen-bond donors (Lipinski definition) is 1. The predicted octanol–water partition coefficient (Wildman–Crippen LogP) is 2.91. The SMILES string of the molecule is N#Cc1c(N)sc2c1-c1ccc(F)cc1C2. The highest BCUT2D eigenvalue weighted by atomic mass is 32.1. The zero-order chi connectivity index (χ0) is 11.3. The van der Waals surface area contributed by atoms with E-state index in [1.165, 1.54) is 23.5 Å². The van der Waals surface area contributed by atoms with Gasteiger partial charge in [0.2, 0.25) is 0 Å². The van der Waals surface area contributed by atoms with Crippen LogP contribution in [0.2, 0.25) is 0 Å². The fraction of sp³-hybridized carbons (Fsp3) is 0.0833. The lowest BCUT2D eigenvalue weighted by Crippen LogP contribution is -1.87. The molecule has 1 aliphatic rings. The van der Waals surface area contributed by atoms with Gasteiger partial charge < -0.3 is 5.73 Å². The van der Waals surface area contributed by atoms with Crippen molar-refractivity contribution in [3.8, 4) is 17.2 Å². The Kier molecular flexibility index (Phi) is 1.79. The zero-order valence-electron chi connectivity index (χ0n) is 8.25. The molecule has 1 heterocycles. The maximum atomic E-state index is 13.1. The Morgan fingerprint density at radius 1 is 1.44 bits per heavy atom. The molecular formula is C12H7FN2S. The van der Waals surface area contributed by atoms with Gasteiger partial charge in [-0.3, -0.25) is 0 Å². The zero-order valence-corrected chi connectivity index (χ0v) is 9.07. The van der Waals surface area contributed by atoms with E-state index >= 15 is 0 Å². The molecule has 0 amide bonds. The summed E-state index contributed by atoms with van der Waals surface area (Å²) in [5, 5.41) is 9.61. The van der Waals surface area contributed by atoms with Crippen LogP contribution in [0.4, 0.5) is 9.39 Å². The molecule has 0 spiro atoms. The summed E-state index contributed by atoms with van der Waals surface area (Å²) in [6, 6.07) is 6.80. The smallest absolute Gasteiger partial charge is 0.123 e.